The molecule has 0 spiro atoms. The number of likely N-dealkylation sites (tertiary alicyclic amines) is 1. The third kappa shape index (κ3) is 6.19. The van der Waals surface area contributed by atoms with E-state index in [0.717, 1.165) is 67.2 Å². The average molecular weight is 525 g/mol. The highest BCUT2D eigenvalue weighted by atomic mass is 19.1. The SMILES string of the molecule is C=C(CC1C=C(C)C=CC1)N1CCCC(Nc2nccc(-c3c(-c4ccc(F)cc4)nc(C)n3/C=C\C)n2)C1. The van der Waals surface area contributed by atoms with Crippen molar-refractivity contribution in [1.82, 2.24) is 24.4 Å². The van der Waals surface area contributed by atoms with Crippen LogP contribution in [-0.4, -0.2) is 43.6 Å². The molecule has 1 aliphatic carbocycles. The van der Waals surface area contributed by atoms with Crippen molar-refractivity contribution in [3.8, 4) is 22.6 Å². The Morgan fingerprint density at radius 1 is 1.18 bits per heavy atom. The van der Waals surface area contributed by atoms with E-state index in [0.29, 0.717) is 11.9 Å². The normalized spacial score (nSPS) is 19.4. The van der Waals surface area contributed by atoms with Crippen molar-refractivity contribution in [3.05, 3.63) is 90.3 Å². The number of hydrogen-bond acceptors (Lipinski definition) is 5. The molecule has 202 valence electrons. The zero-order chi connectivity index (χ0) is 27.4. The molecule has 39 heavy (non-hydrogen) atoms. The third-order valence-electron chi connectivity index (χ3n) is 7.42. The zero-order valence-corrected chi connectivity index (χ0v) is 23.1. The smallest absolute Gasteiger partial charge is 0.223 e. The zero-order valence-electron chi connectivity index (χ0n) is 23.1. The largest absolute Gasteiger partial charge is 0.373 e. The molecule has 3 aromatic rings. The summed E-state index contributed by atoms with van der Waals surface area (Å²) in [4.78, 5) is 16.7. The fraction of sp³-hybridized carbons (Fsp3) is 0.344. The Hall–Kier alpha value is -4.00. The van der Waals surface area contributed by atoms with Crippen LogP contribution in [0.15, 0.2) is 78.7 Å². The number of imidazole rings is 1. The lowest BCUT2D eigenvalue weighted by Gasteiger charge is -2.37. The Labute approximate surface area is 230 Å². The van der Waals surface area contributed by atoms with E-state index in [1.807, 2.05) is 36.8 Å². The summed E-state index contributed by atoms with van der Waals surface area (Å²) >= 11 is 0. The molecule has 2 atom stereocenters. The molecule has 7 heteroatoms. The number of hydrogen-bond donors (Lipinski definition) is 1. The summed E-state index contributed by atoms with van der Waals surface area (Å²) < 4.78 is 15.7. The number of rotatable bonds is 8. The van der Waals surface area contributed by atoms with E-state index in [1.54, 1.807) is 18.3 Å². The topological polar surface area (TPSA) is 58.9 Å². The van der Waals surface area contributed by atoms with E-state index in [4.69, 9.17) is 9.97 Å². The van der Waals surface area contributed by atoms with Crippen LogP contribution in [0.2, 0.25) is 0 Å². The number of aromatic nitrogens is 4. The van der Waals surface area contributed by atoms with Crippen LogP contribution in [0.1, 0.15) is 45.4 Å². The van der Waals surface area contributed by atoms with Gasteiger partial charge in [-0.25, -0.2) is 19.3 Å². The van der Waals surface area contributed by atoms with E-state index in [1.165, 1.54) is 23.4 Å². The van der Waals surface area contributed by atoms with Crippen LogP contribution in [0.5, 0.6) is 0 Å². The molecule has 0 saturated carbocycles. The van der Waals surface area contributed by atoms with Gasteiger partial charge in [-0.1, -0.05) is 36.5 Å². The summed E-state index contributed by atoms with van der Waals surface area (Å²) in [6, 6.07) is 8.56. The Bertz CT molecular complexity index is 1410. The molecule has 0 amide bonds. The fourth-order valence-corrected chi connectivity index (χ4v) is 5.55. The first-order valence-corrected chi connectivity index (χ1v) is 13.8. The van der Waals surface area contributed by atoms with Crippen molar-refractivity contribution < 1.29 is 4.39 Å². The Morgan fingerprint density at radius 2 is 2.00 bits per heavy atom. The molecule has 6 nitrogen and oxygen atoms in total. The maximum atomic E-state index is 13.6. The van der Waals surface area contributed by atoms with Crippen LogP contribution >= 0.6 is 0 Å². The van der Waals surface area contributed by atoms with Crippen LogP contribution in [-0.2, 0) is 0 Å². The highest BCUT2D eigenvalue weighted by Gasteiger charge is 2.24. The fourth-order valence-electron chi connectivity index (χ4n) is 5.55. The second kappa shape index (κ2) is 11.8. The molecule has 1 aliphatic heterocycles. The van der Waals surface area contributed by atoms with Gasteiger partial charge in [-0.05, 0) is 82.7 Å². The number of aryl methyl sites for hydroxylation is 1. The summed E-state index contributed by atoms with van der Waals surface area (Å²) in [6.45, 7) is 12.4. The lowest BCUT2D eigenvalue weighted by atomic mass is 9.92. The van der Waals surface area contributed by atoms with Gasteiger partial charge in [0.2, 0.25) is 5.95 Å². The van der Waals surface area contributed by atoms with Gasteiger partial charge in [-0.2, -0.15) is 0 Å². The van der Waals surface area contributed by atoms with Gasteiger partial charge in [0.1, 0.15) is 11.6 Å². The lowest BCUT2D eigenvalue weighted by Crippen LogP contribution is -2.41. The molecule has 2 aromatic heterocycles. The first kappa shape index (κ1) is 26.6. The molecule has 5 rings (SSSR count). The summed E-state index contributed by atoms with van der Waals surface area (Å²) in [5, 5.41) is 3.59. The van der Waals surface area contributed by atoms with Crippen molar-refractivity contribution in [2.24, 2.45) is 5.92 Å². The highest BCUT2D eigenvalue weighted by Crippen LogP contribution is 2.33. The molecular formula is C32H37FN6. The summed E-state index contributed by atoms with van der Waals surface area (Å²) in [5.74, 6) is 1.67. The quantitative estimate of drug-likeness (QED) is 0.336. The van der Waals surface area contributed by atoms with E-state index in [9.17, 15) is 4.39 Å². The molecule has 1 fully saturated rings. The standard InChI is InChI=1S/C32H37FN6/c1-5-17-39-24(4)35-30(26-11-13-27(33)14-12-26)31(39)29-15-16-34-32(37-29)36-28-10-7-18-38(21-28)23(3)20-25-9-6-8-22(2)19-25/h5-6,8,11-17,19,25,28H,3,7,9-10,18,20-21H2,1-2,4H3,(H,34,36,37)/b17-5-. The molecule has 1 saturated heterocycles. The van der Waals surface area contributed by atoms with Crippen molar-refractivity contribution in [3.63, 3.8) is 0 Å². The predicted octanol–water partition coefficient (Wildman–Crippen LogP) is 7.25. The molecule has 2 aliphatic rings. The van der Waals surface area contributed by atoms with Gasteiger partial charge >= 0.3 is 0 Å². The van der Waals surface area contributed by atoms with Crippen LogP contribution in [0.25, 0.3) is 28.8 Å². The van der Waals surface area contributed by atoms with Crippen LogP contribution in [0.4, 0.5) is 10.3 Å². The van der Waals surface area contributed by atoms with Gasteiger partial charge in [0.25, 0.3) is 0 Å². The first-order chi connectivity index (χ1) is 18.9. The Balaban J connectivity index is 1.35. The second-order valence-electron chi connectivity index (χ2n) is 10.5. The Kier molecular flexibility index (Phi) is 8.05. The average Bonchev–Trinajstić information content (AvgIpc) is 3.25. The minimum atomic E-state index is -0.273. The number of nitrogens with one attached hydrogen (secondary N) is 1. The van der Waals surface area contributed by atoms with Crippen molar-refractivity contribution in [2.75, 3.05) is 18.4 Å². The van der Waals surface area contributed by atoms with Crippen molar-refractivity contribution in [1.29, 1.82) is 0 Å². The van der Waals surface area contributed by atoms with Crippen LogP contribution < -0.4 is 5.32 Å². The van der Waals surface area contributed by atoms with Gasteiger partial charge in [-0.15, -0.1) is 0 Å². The predicted molar refractivity (Wildman–Crippen MR) is 157 cm³/mol. The summed E-state index contributed by atoms with van der Waals surface area (Å²) in [5.41, 5.74) is 5.75. The minimum Gasteiger partial charge on any atom is -0.373 e. The Morgan fingerprint density at radius 3 is 2.77 bits per heavy atom. The van der Waals surface area contributed by atoms with E-state index in [-0.39, 0.29) is 11.9 Å². The first-order valence-electron chi connectivity index (χ1n) is 13.8. The number of anilines is 1. The van der Waals surface area contributed by atoms with Gasteiger partial charge in [-0.3, -0.25) is 0 Å². The molecule has 3 heterocycles. The number of allylic oxidation sites excluding steroid dienone is 6. The maximum absolute atomic E-state index is 13.6. The maximum Gasteiger partial charge on any atom is 0.223 e. The molecule has 2 unspecified atom stereocenters. The second-order valence-corrected chi connectivity index (χ2v) is 10.5. The third-order valence-corrected chi connectivity index (χ3v) is 7.42. The lowest BCUT2D eigenvalue weighted by molar-refractivity contribution is 0.256. The monoisotopic (exact) mass is 524 g/mol. The van der Waals surface area contributed by atoms with Gasteiger partial charge in [0.05, 0.1) is 17.1 Å². The number of piperidine rings is 1. The van der Waals surface area contributed by atoms with Gasteiger partial charge in [0.15, 0.2) is 0 Å². The molecule has 1 aromatic carbocycles. The minimum absolute atomic E-state index is 0.230. The van der Waals surface area contributed by atoms with E-state index >= 15 is 0 Å². The number of nitrogens with zero attached hydrogens (tertiary/aromatic N) is 5. The van der Waals surface area contributed by atoms with Crippen molar-refractivity contribution in [2.45, 2.75) is 52.5 Å². The van der Waals surface area contributed by atoms with Crippen LogP contribution in [0, 0.1) is 18.7 Å². The van der Waals surface area contributed by atoms with E-state index in [2.05, 4.69) is 46.9 Å². The summed E-state index contributed by atoms with van der Waals surface area (Å²) in [7, 11) is 0. The van der Waals surface area contributed by atoms with Gasteiger partial charge < -0.3 is 14.8 Å². The van der Waals surface area contributed by atoms with Gasteiger partial charge in [0, 0.05) is 42.8 Å². The molecule has 1 N–H and O–H groups in total. The van der Waals surface area contributed by atoms with E-state index < -0.39 is 0 Å². The molecule has 0 radical (unpaired) electrons. The molecular weight excluding hydrogens is 487 g/mol. The van der Waals surface area contributed by atoms with Crippen molar-refractivity contribution >= 4 is 12.1 Å². The highest BCUT2D eigenvalue weighted by molar-refractivity contribution is 5.79. The van der Waals surface area contributed by atoms with Crippen LogP contribution in [0.3, 0.4) is 0 Å². The number of halogens is 1. The number of benzene rings is 1. The molecule has 0 bridgehead atoms. The summed E-state index contributed by atoms with van der Waals surface area (Å²) in [6.07, 6.45) is 16.8.